The zero-order chi connectivity index (χ0) is 19.9. The van der Waals surface area contributed by atoms with Crippen LogP contribution in [0.4, 0.5) is 18.9 Å². The van der Waals surface area contributed by atoms with E-state index < -0.39 is 18.6 Å². The number of hydrogen-bond acceptors (Lipinski definition) is 5. The molecule has 4 rings (SSSR count). The molecule has 146 valence electrons. The second-order valence-corrected chi connectivity index (χ2v) is 7.76. The smallest absolute Gasteiger partial charge is 0.401 e. The lowest BCUT2D eigenvalue weighted by Crippen LogP contribution is -2.30. The molecule has 0 aliphatic carbocycles. The standard InChI is InChI=1S/C19H16F3N3O2S/c1-11-16(24-18(28-11)15-6-3-7-27-15)17(26)23-14-5-2-4-12-8-25(9-13(12)14)10-19(20,21)22/h2-7H,8-10H2,1H3,(H,23,26). The Kier molecular flexibility index (Phi) is 4.72. The lowest BCUT2D eigenvalue weighted by Gasteiger charge is -2.16. The van der Waals surface area contributed by atoms with E-state index in [2.05, 4.69) is 10.3 Å². The molecule has 0 unspecified atom stereocenters. The summed E-state index contributed by atoms with van der Waals surface area (Å²) in [6.45, 7) is 1.15. The molecule has 28 heavy (non-hydrogen) atoms. The van der Waals surface area contributed by atoms with E-state index in [1.54, 1.807) is 37.3 Å². The van der Waals surface area contributed by atoms with Crippen LogP contribution >= 0.6 is 11.3 Å². The van der Waals surface area contributed by atoms with Crippen LogP contribution < -0.4 is 5.32 Å². The minimum atomic E-state index is -4.26. The first kappa shape index (κ1) is 18.7. The maximum atomic E-state index is 12.7. The molecule has 0 saturated heterocycles. The van der Waals surface area contributed by atoms with Gasteiger partial charge in [0, 0.05) is 23.7 Å². The van der Waals surface area contributed by atoms with Crippen LogP contribution in [-0.2, 0) is 13.1 Å². The number of halogens is 3. The van der Waals surface area contributed by atoms with Gasteiger partial charge in [0.1, 0.15) is 5.69 Å². The van der Waals surface area contributed by atoms with Gasteiger partial charge in [0.05, 0.1) is 12.8 Å². The summed E-state index contributed by atoms with van der Waals surface area (Å²) in [6.07, 6.45) is -2.73. The second kappa shape index (κ2) is 7.06. The molecular weight excluding hydrogens is 391 g/mol. The lowest BCUT2D eigenvalue weighted by atomic mass is 10.1. The average Bonchev–Trinajstić information content (AvgIpc) is 3.32. The molecule has 5 nitrogen and oxygen atoms in total. The van der Waals surface area contributed by atoms with Gasteiger partial charge in [0.2, 0.25) is 0 Å². The molecule has 3 aromatic rings. The number of anilines is 1. The molecule has 1 aliphatic heterocycles. The minimum absolute atomic E-state index is 0.138. The van der Waals surface area contributed by atoms with Gasteiger partial charge >= 0.3 is 6.18 Å². The van der Waals surface area contributed by atoms with Crippen molar-refractivity contribution in [1.29, 1.82) is 0 Å². The van der Waals surface area contributed by atoms with E-state index in [0.29, 0.717) is 22.0 Å². The first-order valence-corrected chi connectivity index (χ1v) is 9.34. The summed E-state index contributed by atoms with van der Waals surface area (Å²) in [5, 5.41) is 3.41. The third-order valence-electron chi connectivity index (χ3n) is 4.44. The Balaban J connectivity index is 1.54. The SMILES string of the molecule is Cc1sc(-c2ccco2)nc1C(=O)Nc1cccc2c1CN(CC(F)(F)F)C2. The van der Waals surface area contributed by atoms with Crippen LogP contribution in [0.25, 0.3) is 10.8 Å². The summed E-state index contributed by atoms with van der Waals surface area (Å²) < 4.78 is 43.4. The van der Waals surface area contributed by atoms with E-state index in [1.165, 1.54) is 22.5 Å². The van der Waals surface area contributed by atoms with Gasteiger partial charge in [-0.2, -0.15) is 13.2 Å². The number of nitrogens with zero attached hydrogens (tertiary/aromatic N) is 2. The van der Waals surface area contributed by atoms with Crippen molar-refractivity contribution in [2.24, 2.45) is 0 Å². The topological polar surface area (TPSA) is 58.4 Å². The molecule has 0 radical (unpaired) electrons. The number of carbonyl (C=O) groups is 1. The molecule has 0 saturated carbocycles. The molecule has 0 fully saturated rings. The largest absolute Gasteiger partial charge is 0.462 e. The number of furan rings is 1. The van der Waals surface area contributed by atoms with Gasteiger partial charge in [-0.3, -0.25) is 9.69 Å². The number of thiazole rings is 1. The summed E-state index contributed by atoms with van der Waals surface area (Å²) in [4.78, 5) is 19.1. The summed E-state index contributed by atoms with van der Waals surface area (Å²) in [5.41, 5.74) is 2.28. The highest BCUT2D eigenvalue weighted by molar-refractivity contribution is 7.15. The van der Waals surface area contributed by atoms with Crippen LogP contribution in [0, 0.1) is 6.92 Å². The van der Waals surface area contributed by atoms with E-state index >= 15 is 0 Å². The second-order valence-electron chi connectivity index (χ2n) is 6.56. The van der Waals surface area contributed by atoms with Crippen molar-refractivity contribution in [3.63, 3.8) is 0 Å². The Bertz CT molecular complexity index is 1010. The number of alkyl halides is 3. The number of benzene rings is 1. The normalized spacial score (nSPS) is 14.3. The van der Waals surface area contributed by atoms with Crippen molar-refractivity contribution in [3.8, 4) is 10.8 Å². The van der Waals surface area contributed by atoms with E-state index in [9.17, 15) is 18.0 Å². The van der Waals surface area contributed by atoms with Crippen molar-refractivity contribution < 1.29 is 22.4 Å². The fraction of sp³-hybridized carbons (Fsp3) is 0.263. The van der Waals surface area contributed by atoms with Gasteiger partial charge in [-0.25, -0.2) is 4.98 Å². The third-order valence-corrected chi connectivity index (χ3v) is 5.43. The van der Waals surface area contributed by atoms with Crippen LogP contribution in [0.15, 0.2) is 41.0 Å². The van der Waals surface area contributed by atoms with Gasteiger partial charge in [-0.05, 0) is 36.2 Å². The Morgan fingerprint density at radius 1 is 1.29 bits per heavy atom. The Labute approximate surface area is 162 Å². The number of hydrogen-bond donors (Lipinski definition) is 1. The van der Waals surface area contributed by atoms with E-state index in [1.807, 2.05) is 0 Å². The maximum absolute atomic E-state index is 12.7. The zero-order valence-corrected chi connectivity index (χ0v) is 15.7. The number of fused-ring (bicyclic) bond motifs is 1. The Morgan fingerprint density at radius 2 is 2.11 bits per heavy atom. The predicted molar refractivity (Wildman–Crippen MR) is 99.1 cm³/mol. The first-order chi connectivity index (χ1) is 13.3. The number of amides is 1. The number of aryl methyl sites for hydroxylation is 1. The van der Waals surface area contributed by atoms with Gasteiger partial charge in [-0.1, -0.05) is 12.1 Å². The fourth-order valence-electron chi connectivity index (χ4n) is 3.27. The Morgan fingerprint density at radius 3 is 2.82 bits per heavy atom. The minimum Gasteiger partial charge on any atom is -0.462 e. The third kappa shape index (κ3) is 3.81. The van der Waals surface area contributed by atoms with E-state index in [4.69, 9.17) is 4.42 Å². The Hall–Kier alpha value is -2.65. The van der Waals surface area contributed by atoms with Crippen LogP contribution in [-0.4, -0.2) is 28.5 Å². The van der Waals surface area contributed by atoms with Crippen molar-refractivity contribution in [1.82, 2.24) is 9.88 Å². The molecule has 1 N–H and O–H groups in total. The van der Waals surface area contributed by atoms with Crippen molar-refractivity contribution in [3.05, 3.63) is 58.3 Å². The van der Waals surface area contributed by atoms with Crippen LogP contribution in [0.3, 0.4) is 0 Å². The average molecular weight is 407 g/mol. The number of carbonyl (C=O) groups excluding carboxylic acids is 1. The van der Waals surface area contributed by atoms with E-state index in [-0.39, 0.29) is 18.8 Å². The number of nitrogens with one attached hydrogen (secondary N) is 1. The molecule has 2 aromatic heterocycles. The molecule has 0 bridgehead atoms. The maximum Gasteiger partial charge on any atom is 0.401 e. The molecule has 9 heteroatoms. The van der Waals surface area contributed by atoms with Crippen molar-refractivity contribution >= 4 is 22.9 Å². The monoisotopic (exact) mass is 407 g/mol. The van der Waals surface area contributed by atoms with Gasteiger partial charge in [-0.15, -0.1) is 11.3 Å². The fourth-order valence-corrected chi connectivity index (χ4v) is 4.15. The van der Waals surface area contributed by atoms with Crippen LogP contribution in [0.1, 0.15) is 26.5 Å². The predicted octanol–water partition coefficient (Wildman–Crippen LogP) is 4.84. The molecule has 1 aromatic carbocycles. The molecule has 0 atom stereocenters. The molecular formula is C19H16F3N3O2S. The van der Waals surface area contributed by atoms with Crippen molar-refractivity contribution in [2.45, 2.75) is 26.2 Å². The molecule has 3 heterocycles. The van der Waals surface area contributed by atoms with Crippen LogP contribution in [0.5, 0.6) is 0 Å². The summed E-state index contributed by atoms with van der Waals surface area (Å²) in [6, 6.07) is 8.71. The highest BCUT2D eigenvalue weighted by atomic mass is 32.1. The quantitative estimate of drug-likeness (QED) is 0.672. The van der Waals surface area contributed by atoms with Crippen molar-refractivity contribution in [2.75, 3.05) is 11.9 Å². The van der Waals surface area contributed by atoms with Gasteiger partial charge < -0.3 is 9.73 Å². The van der Waals surface area contributed by atoms with E-state index in [0.717, 1.165) is 10.4 Å². The molecule has 1 aliphatic rings. The zero-order valence-electron chi connectivity index (χ0n) is 14.8. The number of aromatic nitrogens is 1. The lowest BCUT2D eigenvalue weighted by molar-refractivity contribution is -0.146. The highest BCUT2D eigenvalue weighted by Crippen LogP contribution is 2.33. The summed E-state index contributed by atoms with van der Waals surface area (Å²) in [7, 11) is 0. The van der Waals surface area contributed by atoms with Gasteiger partial charge in [0.15, 0.2) is 10.8 Å². The summed E-state index contributed by atoms with van der Waals surface area (Å²) >= 11 is 1.34. The van der Waals surface area contributed by atoms with Crippen LogP contribution in [0.2, 0.25) is 0 Å². The molecule has 1 amide bonds. The number of rotatable bonds is 4. The van der Waals surface area contributed by atoms with Gasteiger partial charge in [0.25, 0.3) is 5.91 Å². The molecule has 0 spiro atoms. The first-order valence-electron chi connectivity index (χ1n) is 8.53. The summed E-state index contributed by atoms with van der Waals surface area (Å²) in [5.74, 6) is 0.185. The highest BCUT2D eigenvalue weighted by Gasteiger charge is 2.34.